The van der Waals surface area contributed by atoms with Crippen LogP contribution < -0.4 is 9.47 Å². The Morgan fingerprint density at radius 3 is 2.73 bits per heavy atom. The van der Waals surface area contributed by atoms with Crippen LogP contribution in [0.5, 0.6) is 11.5 Å². The zero-order valence-corrected chi connectivity index (χ0v) is 19.4. The summed E-state index contributed by atoms with van der Waals surface area (Å²) < 4.78 is 13.1. The molecule has 3 heterocycles. The van der Waals surface area contributed by atoms with Crippen molar-refractivity contribution in [1.82, 2.24) is 19.7 Å². The maximum Gasteiger partial charge on any atom is 0.191 e. The number of methoxy groups -OCH3 is 2. The molecular formula is C21H22N4O2S3. The van der Waals surface area contributed by atoms with Crippen LogP contribution in [0.25, 0.3) is 10.6 Å². The van der Waals surface area contributed by atoms with Crippen LogP contribution in [-0.4, -0.2) is 34.0 Å². The molecule has 156 valence electrons. The van der Waals surface area contributed by atoms with Crippen LogP contribution in [0.4, 0.5) is 0 Å². The van der Waals surface area contributed by atoms with Crippen molar-refractivity contribution >= 4 is 34.4 Å². The van der Waals surface area contributed by atoms with Gasteiger partial charge in [0.15, 0.2) is 16.7 Å². The maximum atomic E-state index is 5.55. The third kappa shape index (κ3) is 4.53. The van der Waals surface area contributed by atoms with Crippen molar-refractivity contribution in [3.63, 3.8) is 0 Å². The highest BCUT2D eigenvalue weighted by molar-refractivity contribution is 7.98. The third-order valence-electron chi connectivity index (χ3n) is 4.60. The molecule has 0 spiro atoms. The number of hydrogen-bond acceptors (Lipinski definition) is 8. The van der Waals surface area contributed by atoms with E-state index in [4.69, 9.17) is 14.5 Å². The van der Waals surface area contributed by atoms with Crippen LogP contribution in [0.15, 0.2) is 46.2 Å². The first-order chi connectivity index (χ1) is 14.7. The smallest absolute Gasteiger partial charge is 0.191 e. The van der Waals surface area contributed by atoms with Gasteiger partial charge in [0.05, 0.1) is 25.5 Å². The van der Waals surface area contributed by atoms with Gasteiger partial charge in [-0.3, -0.25) is 0 Å². The molecule has 1 aromatic carbocycles. The van der Waals surface area contributed by atoms with Gasteiger partial charge in [-0.25, -0.2) is 4.98 Å². The first-order valence-electron chi connectivity index (χ1n) is 9.40. The SMILES string of the molecule is COc1cccc(-c2nc(CSc3nnc(C)n3CCc3cccs3)cs2)c1OC. The summed E-state index contributed by atoms with van der Waals surface area (Å²) >= 11 is 5.05. The lowest BCUT2D eigenvalue weighted by Crippen LogP contribution is -2.04. The van der Waals surface area contributed by atoms with E-state index >= 15 is 0 Å². The number of thiophene rings is 1. The highest BCUT2D eigenvalue weighted by atomic mass is 32.2. The number of aromatic nitrogens is 4. The standard InChI is InChI=1S/C21H22N4O2S3/c1-14-23-24-21(25(14)10-9-16-6-5-11-28-16)30-13-15-12-29-20(22-15)17-7-4-8-18(26-2)19(17)27-3/h4-8,11-12H,9-10,13H2,1-3H3. The molecule has 0 aliphatic rings. The Kier molecular flexibility index (Phi) is 6.71. The van der Waals surface area contributed by atoms with Gasteiger partial charge < -0.3 is 14.0 Å². The predicted octanol–water partition coefficient (Wildman–Crippen LogP) is 5.32. The van der Waals surface area contributed by atoms with Crippen molar-refractivity contribution in [2.24, 2.45) is 0 Å². The van der Waals surface area contributed by atoms with Crippen molar-refractivity contribution in [1.29, 1.82) is 0 Å². The van der Waals surface area contributed by atoms with Crippen LogP contribution in [0, 0.1) is 6.92 Å². The molecule has 4 aromatic rings. The largest absolute Gasteiger partial charge is 0.493 e. The molecule has 30 heavy (non-hydrogen) atoms. The van der Waals surface area contributed by atoms with Crippen molar-refractivity contribution in [2.45, 2.75) is 30.8 Å². The Labute approximate surface area is 187 Å². The van der Waals surface area contributed by atoms with Crippen molar-refractivity contribution in [2.75, 3.05) is 14.2 Å². The van der Waals surface area contributed by atoms with E-state index in [9.17, 15) is 0 Å². The molecule has 4 rings (SSSR count). The molecule has 0 fully saturated rings. The van der Waals surface area contributed by atoms with Crippen molar-refractivity contribution in [3.05, 3.63) is 57.5 Å². The quantitative estimate of drug-likeness (QED) is 0.316. The fourth-order valence-corrected chi connectivity index (χ4v) is 5.64. The molecule has 0 unspecified atom stereocenters. The fourth-order valence-electron chi connectivity index (χ4n) is 3.09. The fraction of sp³-hybridized carbons (Fsp3) is 0.286. The van der Waals surface area contributed by atoms with Gasteiger partial charge in [-0.2, -0.15) is 0 Å². The van der Waals surface area contributed by atoms with Gasteiger partial charge >= 0.3 is 0 Å². The first kappa shape index (κ1) is 20.9. The molecule has 0 aliphatic heterocycles. The molecule has 0 radical (unpaired) electrons. The number of hydrogen-bond donors (Lipinski definition) is 0. The topological polar surface area (TPSA) is 62.1 Å². The predicted molar refractivity (Wildman–Crippen MR) is 123 cm³/mol. The summed E-state index contributed by atoms with van der Waals surface area (Å²) in [6, 6.07) is 10.1. The number of para-hydroxylation sites is 1. The Balaban J connectivity index is 1.46. The molecule has 6 nitrogen and oxygen atoms in total. The Hall–Kier alpha value is -2.36. The van der Waals surface area contributed by atoms with E-state index in [0.717, 1.165) is 46.0 Å². The maximum absolute atomic E-state index is 5.55. The number of thioether (sulfide) groups is 1. The van der Waals surface area contributed by atoms with Gasteiger partial charge in [-0.15, -0.1) is 32.9 Å². The molecule has 0 atom stereocenters. The van der Waals surface area contributed by atoms with Gasteiger partial charge in [0, 0.05) is 22.6 Å². The molecule has 9 heteroatoms. The lowest BCUT2D eigenvalue weighted by molar-refractivity contribution is 0.356. The van der Waals surface area contributed by atoms with Crippen LogP contribution >= 0.6 is 34.4 Å². The number of benzene rings is 1. The minimum Gasteiger partial charge on any atom is -0.493 e. The Bertz CT molecular complexity index is 1110. The summed E-state index contributed by atoms with van der Waals surface area (Å²) in [6.45, 7) is 2.88. The van der Waals surface area contributed by atoms with E-state index in [-0.39, 0.29) is 0 Å². The third-order valence-corrected chi connectivity index (χ3v) is 7.46. The molecule has 0 N–H and O–H groups in total. The monoisotopic (exact) mass is 458 g/mol. The van der Waals surface area contributed by atoms with Gasteiger partial charge in [-0.1, -0.05) is 23.9 Å². The average molecular weight is 459 g/mol. The second-order valence-corrected chi connectivity index (χ2v) is 9.32. The summed E-state index contributed by atoms with van der Waals surface area (Å²) in [5.74, 6) is 3.09. The molecular weight excluding hydrogens is 436 g/mol. The first-order valence-corrected chi connectivity index (χ1v) is 12.1. The summed E-state index contributed by atoms with van der Waals surface area (Å²) in [4.78, 5) is 6.18. The molecule has 0 amide bonds. The average Bonchev–Trinajstić information content (AvgIpc) is 3.52. The Morgan fingerprint density at radius 2 is 1.97 bits per heavy atom. The summed E-state index contributed by atoms with van der Waals surface area (Å²) in [6.07, 6.45) is 0.987. The highest BCUT2D eigenvalue weighted by Crippen LogP contribution is 2.39. The van der Waals surface area contributed by atoms with Gasteiger partial charge in [0.2, 0.25) is 0 Å². The number of ether oxygens (including phenoxy) is 2. The van der Waals surface area contributed by atoms with E-state index in [1.54, 1.807) is 48.7 Å². The molecule has 3 aromatic heterocycles. The zero-order chi connectivity index (χ0) is 20.9. The van der Waals surface area contributed by atoms with Crippen molar-refractivity contribution < 1.29 is 9.47 Å². The number of aryl methyl sites for hydroxylation is 2. The van der Waals surface area contributed by atoms with E-state index in [2.05, 4.69) is 37.7 Å². The lowest BCUT2D eigenvalue weighted by atomic mass is 10.2. The number of rotatable bonds is 9. The highest BCUT2D eigenvalue weighted by Gasteiger charge is 2.16. The van der Waals surface area contributed by atoms with Gasteiger partial charge in [0.25, 0.3) is 0 Å². The van der Waals surface area contributed by atoms with Crippen LogP contribution in [0.3, 0.4) is 0 Å². The Morgan fingerprint density at radius 1 is 1.07 bits per heavy atom. The summed E-state index contributed by atoms with van der Waals surface area (Å²) in [7, 11) is 3.29. The second kappa shape index (κ2) is 9.63. The zero-order valence-electron chi connectivity index (χ0n) is 17.0. The molecule has 0 bridgehead atoms. The van der Waals surface area contributed by atoms with Crippen molar-refractivity contribution in [3.8, 4) is 22.1 Å². The minimum atomic E-state index is 0.704. The van der Waals surface area contributed by atoms with E-state index in [1.807, 2.05) is 25.1 Å². The molecule has 0 aliphatic carbocycles. The lowest BCUT2D eigenvalue weighted by Gasteiger charge is -2.10. The molecule has 0 saturated heterocycles. The van der Waals surface area contributed by atoms with Crippen LogP contribution in [0.1, 0.15) is 16.4 Å². The van der Waals surface area contributed by atoms with Crippen LogP contribution in [-0.2, 0) is 18.7 Å². The van der Waals surface area contributed by atoms with E-state index < -0.39 is 0 Å². The van der Waals surface area contributed by atoms with E-state index in [0.29, 0.717) is 11.5 Å². The second-order valence-electron chi connectivity index (χ2n) is 6.48. The normalized spacial score (nSPS) is 11.0. The number of nitrogens with zero attached hydrogens (tertiary/aromatic N) is 4. The summed E-state index contributed by atoms with van der Waals surface area (Å²) in [5.41, 5.74) is 1.95. The van der Waals surface area contributed by atoms with Gasteiger partial charge in [0.1, 0.15) is 10.8 Å². The van der Waals surface area contributed by atoms with E-state index in [1.165, 1.54) is 4.88 Å². The molecule has 0 saturated carbocycles. The minimum absolute atomic E-state index is 0.704. The van der Waals surface area contributed by atoms with Gasteiger partial charge in [-0.05, 0) is 36.9 Å². The van der Waals surface area contributed by atoms with Crippen LogP contribution in [0.2, 0.25) is 0 Å². The number of thiazole rings is 1. The summed E-state index contributed by atoms with van der Waals surface area (Å²) in [5, 5.41) is 14.7.